The van der Waals surface area contributed by atoms with Crippen molar-refractivity contribution in [3.05, 3.63) is 11.6 Å². The molecule has 2 N–H and O–H groups in total. The molecule has 4 nitrogen and oxygen atoms in total. The maximum absolute atomic E-state index is 5.79. The molecule has 4 heteroatoms. The third-order valence-corrected chi connectivity index (χ3v) is 4.81. The first-order valence-corrected chi connectivity index (χ1v) is 7.98. The quantitative estimate of drug-likeness (QED) is 0.918. The molecule has 2 rings (SSSR count). The molecule has 1 aliphatic rings. The molecule has 0 saturated heterocycles. The van der Waals surface area contributed by atoms with Crippen molar-refractivity contribution in [2.75, 3.05) is 0 Å². The minimum Gasteiger partial charge on any atom is -0.324 e. The maximum Gasteiger partial charge on any atom is 0.147 e. The second-order valence-electron chi connectivity index (χ2n) is 7.56. The topological polar surface area (TPSA) is 56.7 Å². The van der Waals surface area contributed by atoms with Crippen molar-refractivity contribution in [1.29, 1.82) is 0 Å². The van der Waals surface area contributed by atoms with Gasteiger partial charge in [-0.3, -0.25) is 0 Å². The fraction of sp³-hybridized carbons (Fsp3) is 0.875. The van der Waals surface area contributed by atoms with Crippen LogP contribution >= 0.6 is 0 Å². The van der Waals surface area contributed by atoms with Crippen LogP contribution in [0.25, 0.3) is 0 Å². The molecule has 1 heterocycles. The van der Waals surface area contributed by atoms with Gasteiger partial charge in [0.1, 0.15) is 11.6 Å². The molecule has 0 bridgehead atoms. The molecule has 0 atom stereocenters. The van der Waals surface area contributed by atoms with Crippen molar-refractivity contribution < 1.29 is 0 Å². The monoisotopic (exact) mass is 278 g/mol. The van der Waals surface area contributed by atoms with Crippen molar-refractivity contribution >= 4 is 0 Å². The Hall–Kier alpha value is -0.900. The summed E-state index contributed by atoms with van der Waals surface area (Å²) in [6.07, 6.45) is 5.07. The fourth-order valence-corrected chi connectivity index (χ4v) is 3.54. The first kappa shape index (κ1) is 15.5. The molecule has 0 aromatic carbocycles. The highest BCUT2D eigenvalue weighted by Gasteiger charge is 2.32. The van der Waals surface area contributed by atoms with Gasteiger partial charge in [0.2, 0.25) is 0 Å². The van der Waals surface area contributed by atoms with Gasteiger partial charge in [-0.2, -0.15) is 0 Å². The molecule has 1 aromatic heterocycles. The van der Waals surface area contributed by atoms with Gasteiger partial charge in [-0.15, -0.1) is 10.2 Å². The molecular weight excluding hydrogens is 248 g/mol. The molecule has 1 aliphatic carbocycles. The lowest BCUT2D eigenvalue weighted by molar-refractivity contribution is 0.165. The predicted octanol–water partition coefficient (Wildman–Crippen LogP) is 3.64. The predicted molar refractivity (Wildman–Crippen MR) is 82.5 cm³/mol. The summed E-state index contributed by atoms with van der Waals surface area (Å²) < 4.78 is 2.25. The normalized spacial score (nSPS) is 24.4. The van der Waals surface area contributed by atoms with Crippen LogP contribution in [-0.4, -0.2) is 14.8 Å². The van der Waals surface area contributed by atoms with E-state index < -0.39 is 0 Å². The van der Waals surface area contributed by atoms with Gasteiger partial charge < -0.3 is 10.3 Å². The van der Waals surface area contributed by atoms with Crippen LogP contribution in [0.4, 0.5) is 0 Å². The second kappa shape index (κ2) is 5.84. The third-order valence-electron chi connectivity index (χ3n) is 4.81. The van der Waals surface area contributed by atoms with Crippen LogP contribution in [0.15, 0.2) is 0 Å². The van der Waals surface area contributed by atoms with Crippen molar-refractivity contribution in [2.24, 2.45) is 17.1 Å². The van der Waals surface area contributed by atoms with E-state index in [0.29, 0.717) is 23.9 Å². The Kier molecular flexibility index (Phi) is 4.52. The Morgan fingerprint density at radius 1 is 1.15 bits per heavy atom. The van der Waals surface area contributed by atoms with E-state index in [4.69, 9.17) is 5.73 Å². The van der Waals surface area contributed by atoms with E-state index in [9.17, 15) is 0 Å². The Morgan fingerprint density at radius 3 is 2.20 bits per heavy atom. The zero-order chi connectivity index (χ0) is 14.9. The lowest BCUT2D eigenvalue weighted by atomic mass is 9.69. The number of aromatic nitrogens is 3. The van der Waals surface area contributed by atoms with Gasteiger partial charge >= 0.3 is 0 Å². The number of nitrogens with zero attached hydrogens (tertiary/aromatic N) is 3. The van der Waals surface area contributed by atoms with Crippen LogP contribution < -0.4 is 5.73 Å². The molecule has 114 valence electrons. The van der Waals surface area contributed by atoms with Gasteiger partial charge in [-0.05, 0) is 50.9 Å². The highest BCUT2D eigenvalue weighted by atomic mass is 15.3. The summed E-state index contributed by atoms with van der Waals surface area (Å²) >= 11 is 0. The van der Waals surface area contributed by atoms with E-state index in [1.165, 1.54) is 25.7 Å². The van der Waals surface area contributed by atoms with E-state index in [2.05, 4.69) is 49.4 Å². The summed E-state index contributed by atoms with van der Waals surface area (Å²) in [5, 5.41) is 8.74. The Labute approximate surface area is 123 Å². The lowest BCUT2D eigenvalue weighted by Gasteiger charge is -2.37. The largest absolute Gasteiger partial charge is 0.324 e. The summed E-state index contributed by atoms with van der Waals surface area (Å²) in [7, 11) is 0. The zero-order valence-corrected chi connectivity index (χ0v) is 13.7. The molecule has 1 fully saturated rings. The maximum atomic E-state index is 5.79. The minimum absolute atomic E-state index is 0.388. The van der Waals surface area contributed by atoms with Gasteiger partial charge in [0.05, 0.1) is 6.54 Å². The average molecular weight is 278 g/mol. The highest BCUT2D eigenvalue weighted by molar-refractivity contribution is 5.05. The SMILES string of the molecule is CC(C)n1c(CN)nnc1C1CCC(C(C)(C)C)CC1. The summed E-state index contributed by atoms with van der Waals surface area (Å²) in [6.45, 7) is 11.9. The van der Waals surface area contributed by atoms with Crippen LogP contribution in [-0.2, 0) is 6.54 Å². The smallest absolute Gasteiger partial charge is 0.147 e. The lowest BCUT2D eigenvalue weighted by Crippen LogP contribution is -2.26. The Bertz CT molecular complexity index is 434. The van der Waals surface area contributed by atoms with Gasteiger partial charge in [-0.1, -0.05) is 20.8 Å². The average Bonchev–Trinajstić information content (AvgIpc) is 2.81. The zero-order valence-electron chi connectivity index (χ0n) is 13.7. The summed E-state index contributed by atoms with van der Waals surface area (Å²) in [5.74, 6) is 3.48. The molecule has 0 radical (unpaired) electrons. The number of hydrogen-bond acceptors (Lipinski definition) is 3. The van der Waals surface area contributed by atoms with Crippen molar-refractivity contribution in [3.63, 3.8) is 0 Å². The van der Waals surface area contributed by atoms with E-state index in [1.807, 2.05) is 0 Å². The standard InChI is InChI=1S/C16H30N4/c1-11(2)20-14(10-17)18-19-15(20)12-6-8-13(9-7-12)16(3,4)5/h11-13H,6-10,17H2,1-5H3. The third kappa shape index (κ3) is 3.05. The number of nitrogens with two attached hydrogens (primary N) is 1. The molecule has 1 saturated carbocycles. The van der Waals surface area contributed by atoms with E-state index in [1.54, 1.807) is 0 Å². The van der Waals surface area contributed by atoms with Crippen LogP contribution in [0.1, 0.15) is 83.9 Å². The Balaban J connectivity index is 2.13. The summed E-state index contributed by atoms with van der Waals surface area (Å²) in [6, 6.07) is 0.388. The van der Waals surface area contributed by atoms with Crippen molar-refractivity contribution in [2.45, 2.75) is 78.8 Å². The number of hydrogen-bond donors (Lipinski definition) is 1. The van der Waals surface area contributed by atoms with Crippen LogP contribution in [0.3, 0.4) is 0 Å². The van der Waals surface area contributed by atoms with E-state index >= 15 is 0 Å². The van der Waals surface area contributed by atoms with Crippen LogP contribution in [0.2, 0.25) is 0 Å². The molecule has 20 heavy (non-hydrogen) atoms. The van der Waals surface area contributed by atoms with Crippen LogP contribution in [0, 0.1) is 11.3 Å². The molecule has 1 aromatic rings. The van der Waals surface area contributed by atoms with Gasteiger partial charge in [0.25, 0.3) is 0 Å². The summed E-state index contributed by atoms with van der Waals surface area (Å²) in [4.78, 5) is 0. The molecule has 0 amide bonds. The molecule has 0 unspecified atom stereocenters. The van der Waals surface area contributed by atoms with Crippen molar-refractivity contribution in [1.82, 2.24) is 14.8 Å². The number of rotatable bonds is 3. The summed E-state index contributed by atoms with van der Waals surface area (Å²) in [5.41, 5.74) is 6.22. The van der Waals surface area contributed by atoms with Gasteiger partial charge in [0.15, 0.2) is 0 Å². The Morgan fingerprint density at radius 2 is 1.75 bits per heavy atom. The first-order chi connectivity index (χ1) is 9.34. The van der Waals surface area contributed by atoms with E-state index in [0.717, 1.165) is 17.6 Å². The van der Waals surface area contributed by atoms with E-state index in [-0.39, 0.29) is 0 Å². The highest BCUT2D eigenvalue weighted by Crippen LogP contribution is 2.43. The molecule has 0 spiro atoms. The van der Waals surface area contributed by atoms with Gasteiger partial charge in [-0.25, -0.2) is 0 Å². The molecular formula is C16H30N4. The minimum atomic E-state index is 0.388. The first-order valence-electron chi connectivity index (χ1n) is 7.98. The van der Waals surface area contributed by atoms with Crippen LogP contribution in [0.5, 0.6) is 0 Å². The fourth-order valence-electron chi connectivity index (χ4n) is 3.54. The second-order valence-corrected chi connectivity index (χ2v) is 7.56. The van der Waals surface area contributed by atoms with Crippen molar-refractivity contribution in [3.8, 4) is 0 Å². The van der Waals surface area contributed by atoms with Gasteiger partial charge in [0, 0.05) is 12.0 Å². The molecule has 0 aliphatic heterocycles.